The first-order valence-corrected chi connectivity index (χ1v) is 12.1. The number of benzene rings is 1. The van der Waals surface area contributed by atoms with Crippen LogP contribution >= 0.6 is 0 Å². The van der Waals surface area contributed by atoms with Crippen LogP contribution in [-0.2, 0) is 16.1 Å². The topological polar surface area (TPSA) is 60.9 Å². The average molecular weight is 488 g/mol. The van der Waals surface area contributed by atoms with E-state index in [0.29, 0.717) is 38.7 Å². The molecule has 1 aromatic carbocycles. The molecule has 3 fully saturated rings. The van der Waals surface area contributed by atoms with E-state index in [1.807, 2.05) is 35.2 Å². The third kappa shape index (κ3) is 4.33. The third-order valence-corrected chi connectivity index (χ3v) is 7.68. The molecule has 4 heterocycles. The lowest BCUT2D eigenvalue weighted by Gasteiger charge is -2.53. The van der Waals surface area contributed by atoms with E-state index < -0.39 is 12.7 Å². The van der Waals surface area contributed by atoms with Crippen LogP contribution in [0.1, 0.15) is 12.0 Å². The normalized spacial score (nSPS) is 26.2. The van der Waals surface area contributed by atoms with Crippen molar-refractivity contribution in [3.05, 3.63) is 42.1 Å². The van der Waals surface area contributed by atoms with E-state index in [0.717, 1.165) is 42.1 Å². The van der Waals surface area contributed by atoms with Crippen molar-refractivity contribution in [2.45, 2.75) is 19.1 Å². The summed E-state index contributed by atoms with van der Waals surface area (Å²) in [6.45, 7) is 2.98. The molecule has 2 saturated heterocycles. The van der Waals surface area contributed by atoms with E-state index in [1.165, 1.54) is 4.90 Å². The van der Waals surface area contributed by atoms with Crippen molar-refractivity contribution in [1.82, 2.24) is 9.88 Å². The zero-order valence-electron chi connectivity index (χ0n) is 19.3. The zero-order chi connectivity index (χ0) is 24.2. The minimum absolute atomic E-state index is 0.00297. The van der Waals surface area contributed by atoms with E-state index >= 15 is 0 Å². The molecule has 35 heavy (non-hydrogen) atoms. The maximum Gasteiger partial charge on any atom is 0.401 e. The Morgan fingerprint density at radius 1 is 1.14 bits per heavy atom. The summed E-state index contributed by atoms with van der Waals surface area (Å²) in [4.78, 5) is 24.0. The first kappa shape index (κ1) is 22.6. The van der Waals surface area contributed by atoms with Gasteiger partial charge in [0.2, 0.25) is 5.91 Å². The molecule has 1 amide bonds. The molecule has 6 rings (SSSR count). The molecule has 1 aliphatic carbocycles. The zero-order valence-corrected chi connectivity index (χ0v) is 19.3. The number of pyridine rings is 1. The van der Waals surface area contributed by atoms with Crippen molar-refractivity contribution in [2.75, 3.05) is 61.1 Å². The number of halogens is 3. The first-order chi connectivity index (χ1) is 16.9. The highest BCUT2D eigenvalue weighted by Crippen LogP contribution is 2.48. The Balaban J connectivity index is 1.30. The molecule has 4 aliphatic rings. The summed E-state index contributed by atoms with van der Waals surface area (Å²) in [5.74, 6) is 0.376. The number of fused-ring (bicyclic) bond motifs is 4. The van der Waals surface area contributed by atoms with Gasteiger partial charge in [0.25, 0.3) is 0 Å². The number of ether oxygens (including phenoxy) is 1. The smallest absolute Gasteiger partial charge is 0.378 e. The summed E-state index contributed by atoms with van der Waals surface area (Å²) in [6, 6.07) is 9.88. The fraction of sp³-hybridized carbons (Fsp3) is 0.520. The summed E-state index contributed by atoms with van der Waals surface area (Å²) in [5, 5.41) is 3.39. The van der Waals surface area contributed by atoms with Crippen molar-refractivity contribution in [3.63, 3.8) is 0 Å². The van der Waals surface area contributed by atoms with Crippen LogP contribution in [0.3, 0.4) is 0 Å². The predicted octanol–water partition coefficient (Wildman–Crippen LogP) is 3.64. The van der Waals surface area contributed by atoms with Crippen molar-refractivity contribution >= 4 is 28.8 Å². The van der Waals surface area contributed by atoms with Crippen LogP contribution < -0.4 is 15.1 Å². The molecule has 1 aromatic heterocycles. The van der Waals surface area contributed by atoms with E-state index in [9.17, 15) is 18.0 Å². The van der Waals surface area contributed by atoms with Gasteiger partial charge >= 0.3 is 6.18 Å². The molecule has 2 atom stereocenters. The number of nitrogens with one attached hydrogen (secondary N) is 1. The number of amides is 1. The average Bonchev–Trinajstić information content (AvgIpc) is 3.00. The number of morpholine rings is 1. The second kappa shape index (κ2) is 8.67. The third-order valence-electron chi connectivity index (χ3n) is 7.68. The van der Waals surface area contributed by atoms with Crippen LogP contribution in [0.4, 0.5) is 36.1 Å². The van der Waals surface area contributed by atoms with Gasteiger partial charge in [0, 0.05) is 49.5 Å². The molecule has 0 spiro atoms. The number of piperidine rings is 2. The Kier molecular flexibility index (Phi) is 5.60. The van der Waals surface area contributed by atoms with Crippen LogP contribution in [0, 0.1) is 17.8 Å². The Morgan fingerprint density at radius 2 is 1.91 bits per heavy atom. The van der Waals surface area contributed by atoms with Gasteiger partial charge < -0.3 is 19.9 Å². The first-order valence-electron chi connectivity index (χ1n) is 12.1. The Hall–Kier alpha value is -2.85. The van der Waals surface area contributed by atoms with Crippen molar-refractivity contribution in [3.8, 4) is 0 Å². The van der Waals surface area contributed by atoms with Gasteiger partial charge in [0.05, 0.1) is 37.7 Å². The second-order valence-electron chi connectivity index (χ2n) is 9.95. The number of hydrogen-bond acceptors (Lipinski definition) is 6. The molecule has 0 radical (unpaired) electrons. The molecular formula is C25H28F3N5O2. The number of carbonyl (C=O) groups is 1. The molecule has 3 aliphatic heterocycles. The molecule has 10 heteroatoms. The van der Waals surface area contributed by atoms with Crippen LogP contribution in [-0.4, -0.2) is 67.9 Å². The summed E-state index contributed by atoms with van der Waals surface area (Å²) in [5.41, 5.74) is 3.52. The summed E-state index contributed by atoms with van der Waals surface area (Å²) in [6.07, 6.45) is -1.68. The van der Waals surface area contributed by atoms with Gasteiger partial charge in [-0.1, -0.05) is 6.07 Å². The van der Waals surface area contributed by atoms with Gasteiger partial charge in [-0.25, -0.2) is 4.98 Å². The molecule has 2 unspecified atom stereocenters. The highest BCUT2D eigenvalue weighted by atomic mass is 19.4. The summed E-state index contributed by atoms with van der Waals surface area (Å²) < 4.78 is 44.3. The Bertz CT molecular complexity index is 1110. The van der Waals surface area contributed by atoms with Crippen LogP contribution in [0.25, 0.3) is 0 Å². The SMILES string of the molecule is O=C(C1C2CC1CN(CC(F)(F)F)C2)N1Cc2cccnc2Nc2ccc(N3CCOCC3)cc21. The quantitative estimate of drug-likeness (QED) is 0.714. The predicted molar refractivity (Wildman–Crippen MR) is 126 cm³/mol. The standard InChI is InChI=1S/C25H28F3N5O2/c26-25(27,28)15-31-12-17-10-18(13-31)22(17)24(34)33-14-16-2-1-5-29-23(16)30-20-4-3-19(11-21(20)33)32-6-8-35-9-7-32/h1-5,11,17-18,22H,6-10,12-15H2,(H,29,30). The number of likely N-dealkylation sites (tertiary alicyclic amines) is 1. The molecule has 7 nitrogen and oxygen atoms in total. The van der Waals surface area contributed by atoms with Crippen LogP contribution in [0.2, 0.25) is 0 Å². The van der Waals surface area contributed by atoms with Crippen molar-refractivity contribution < 1.29 is 22.7 Å². The van der Waals surface area contributed by atoms with Gasteiger partial charge in [-0.15, -0.1) is 0 Å². The lowest BCUT2D eigenvalue weighted by atomic mass is 9.61. The maximum atomic E-state index is 14.0. The lowest BCUT2D eigenvalue weighted by Crippen LogP contribution is -2.61. The largest absolute Gasteiger partial charge is 0.401 e. The number of hydrogen-bond donors (Lipinski definition) is 1. The molecule has 2 bridgehead atoms. The minimum atomic E-state index is -4.22. The van der Waals surface area contributed by atoms with Crippen LogP contribution in [0.5, 0.6) is 0 Å². The van der Waals surface area contributed by atoms with E-state index in [-0.39, 0.29) is 23.7 Å². The van der Waals surface area contributed by atoms with Gasteiger partial charge in [-0.05, 0) is 42.5 Å². The van der Waals surface area contributed by atoms with Gasteiger partial charge in [0.1, 0.15) is 5.82 Å². The van der Waals surface area contributed by atoms with E-state index in [2.05, 4.69) is 15.2 Å². The van der Waals surface area contributed by atoms with Crippen molar-refractivity contribution in [2.24, 2.45) is 17.8 Å². The minimum Gasteiger partial charge on any atom is -0.378 e. The number of rotatable bonds is 3. The Labute approximate surface area is 201 Å². The lowest BCUT2D eigenvalue weighted by molar-refractivity contribution is -0.168. The molecule has 1 saturated carbocycles. The monoisotopic (exact) mass is 487 g/mol. The number of carbonyl (C=O) groups excluding carboxylic acids is 1. The number of aromatic nitrogens is 1. The molecule has 186 valence electrons. The number of nitrogens with zero attached hydrogens (tertiary/aromatic N) is 4. The van der Waals surface area contributed by atoms with Crippen molar-refractivity contribution in [1.29, 1.82) is 0 Å². The summed E-state index contributed by atoms with van der Waals surface area (Å²) >= 11 is 0. The number of anilines is 4. The van der Waals surface area contributed by atoms with E-state index in [4.69, 9.17) is 4.74 Å². The van der Waals surface area contributed by atoms with Gasteiger partial charge in [0.15, 0.2) is 0 Å². The second-order valence-corrected chi connectivity index (χ2v) is 9.95. The molecule has 1 N–H and O–H groups in total. The van der Waals surface area contributed by atoms with Crippen LogP contribution in [0.15, 0.2) is 36.5 Å². The fourth-order valence-electron chi connectivity index (χ4n) is 6.08. The highest BCUT2D eigenvalue weighted by Gasteiger charge is 2.53. The molecular weight excluding hydrogens is 459 g/mol. The summed E-state index contributed by atoms with van der Waals surface area (Å²) in [7, 11) is 0. The Morgan fingerprint density at radius 3 is 2.66 bits per heavy atom. The fourth-order valence-corrected chi connectivity index (χ4v) is 6.08. The molecule has 2 aromatic rings. The highest BCUT2D eigenvalue weighted by molar-refractivity contribution is 6.01. The maximum absolute atomic E-state index is 14.0. The van der Waals surface area contributed by atoms with Gasteiger partial charge in [-0.2, -0.15) is 13.2 Å². The number of alkyl halides is 3. The van der Waals surface area contributed by atoms with E-state index in [1.54, 1.807) is 6.20 Å². The van der Waals surface area contributed by atoms with Gasteiger partial charge in [-0.3, -0.25) is 9.69 Å².